The molecule has 2 aliphatic heterocycles. The van der Waals surface area contributed by atoms with Crippen molar-refractivity contribution in [3.05, 3.63) is 23.3 Å². The zero-order valence-electron chi connectivity index (χ0n) is 17.6. The second-order valence-electron chi connectivity index (χ2n) is 8.53. The lowest BCUT2D eigenvalue weighted by Crippen LogP contribution is -2.22. The topological polar surface area (TPSA) is 49.4 Å². The summed E-state index contributed by atoms with van der Waals surface area (Å²) in [5, 5.41) is 8.38. The number of hydrogen-bond acceptors (Lipinski definition) is 5. The molecule has 0 atom stereocenters. The van der Waals surface area contributed by atoms with E-state index >= 15 is 0 Å². The Balaban J connectivity index is 1.55. The largest absolute Gasteiger partial charge is 0.493 e. The number of nitrogens with zero attached hydrogens (tertiary/aromatic N) is 2. The predicted octanol–water partition coefficient (Wildman–Crippen LogP) is 4.59. The van der Waals surface area contributed by atoms with E-state index in [9.17, 15) is 0 Å². The molecule has 5 heteroatoms. The Hall–Kier alpha value is -2.01. The highest BCUT2D eigenvalue weighted by atomic mass is 16.5. The molecule has 2 aliphatic rings. The summed E-state index contributed by atoms with van der Waals surface area (Å²) in [6.07, 6.45) is 6.01. The first kappa shape index (κ1) is 19.3. The van der Waals surface area contributed by atoms with Gasteiger partial charge in [-0.2, -0.15) is 0 Å². The van der Waals surface area contributed by atoms with E-state index in [4.69, 9.17) is 9.72 Å². The molecule has 0 radical (unpaired) electrons. The molecule has 1 aromatic heterocycles. The van der Waals surface area contributed by atoms with Crippen LogP contribution in [0.25, 0.3) is 10.9 Å². The number of pyridine rings is 1. The Morgan fingerprint density at radius 1 is 1.21 bits per heavy atom. The van der Waals surface area contributed by atoms with Crippen molar-refractivity contribution >= 4 is 22.4 Å². The molecule has 1 fully saturated rings. The third-order valence-corrected chi connectivity index (χ3v) is 5.79. The zero-order chi connectivity index (χ0) is 19.5. The Morgan fingerprint density at radius 2 is 2.04 bits per heavy atom. The Bertz CT molecular complexity index is 827. The van der Waals surface area contributed by atoms with Gasteiger partial charge < -0.3 is 20.3 Å². The monoisotopic (exact) mass is 382 g/mol. The van der Waals surface area contributed by atoms with Crippen molar-refractivity contribution < 1.29 is 4.74 Å². The van der Waals surface area contributed by atoms with E-state index in [2.05, 4.69) is 48.4 Å². The lowest BCUT2D eigenvalue weighted by Gasteiger charge is -2.24. The SMILES string of the molecule is Cc1cc2c3c(c(NC(C)C)nc2cc1OCCCN1CCCC1)CCCN3. The summed E-state index contributed by atoms with van der Waals surface area (Å²) >= 11 is 0. The van der Waals surface area contributed by atoms with Crippen LogP contribution in [0, 0.1) is 6.92 Å². The molecule has 0 aliphatic carbocycles. The van der Waals surface area contributed by atoms with E-state index in [1.165, 1.54) is 48.1 Å². The molecule has 0 amide bonds. The van der Waals surface area contributed by atoms with Gasteiger partial charge in [-0.3, -0.25) is 0 Å². The fraction of sp³-hybridized carbons (Fsp3) is 0.609. The number of nitrogens with one attached hydrogen (secondary N) is 2. The minimum atomic E-state index is 0.364. The number of ether oxygens (including phenoxy) is 1. The first-order valence-corrected chi connectivity index (χ1v) is 10.9. The number of anilines is 2. The van der Waals surface area contributed by atoms with Gasteiger partial charge in [0.25, 0.3) is 0 Å². The molecule has 0 saturated carbocycles. The fourth-order valence-corrected chi connectivity index (χ4v) is 4.39. The first-order valence-electron chi connectivity index (χ1n) is 10.9. The van der Waals surface area contributed by atoms with Crippen LogP contribution in [-0.4, -0.2) is 48.7 Å². The Kier molecular flexibility index (Phi) is 5.90. The summed E-state index contributed by atoms with van der Waals surface area (Å²) in [4.78, 5) is 7.52. The van der Waals surface area contributed by atoms with Crippen molar-refractivity contribution in [2.24, 2.45) is 0 Å². The van der Waals surface area contributed by atoms with Gasteiger partial charge in [-0.05, 0) is 77.6 Å². The highest BCUT2D eigenvalue weighted by Gasteiger charge is 2.20. The summed E-state index contributed by atoms with van der Waals surface area (Å²) in [6.45, 7) is 11.9. The van der Waals surface area contributed by atoms with E-state index in [1.54, 1.807) is 0 Å². The molecule has 0 spiro atoms. The summed E-state index contributed by atoms with van der Waals surface area (Å²) < 4.78 is 6.16. The first-order chi connectivity index (χ1) is 13.6. The summed E-state index contributed by atoms with van der Waals surface area (Å²) in [7, 11) is 0. The van der Waals surface area contributed by atoms with Crippen LogP contribution < -0.4 is 15.4 Å². The van der Waals surface area contributed by atoms with Crippen LogP contribution in [0.3, 0.4) is 0 Å². The molecule has 4 rings (SSSR count). The van der Waals surface area contributed by atoms with Crippen molar-refractivity contribution in [1.82, 2.24) is 9.88 Å². The average Bonchev–Trinajstić information content (AvgIpc) is 3.19. The quantitative estimate of drug-likeness (QED) is 0.686. The van der Waals surface area contributed by atoms with Gasteiger partial charge in [0.1, 0.15) is 11.6 Å². The molecule has 2 N–H and O–H groups in total. The number of benzene rings is 1. The van der Waals surface area contributed by atoms with Crippen LogP contribution in [0.5, 0.6) is 5.75 Å². The van der Waals surface area contributed by atoms with Gasteiger partial charge >= 0.3 is 0 Å². The molecule has 152 valence electrons. The van der Waals surface area contributed by atoms with E-state index < -0.39 is 0 Å². The van der Waals surface area contributed by atoms with E-state index in [-0.39, 0.29) is 0 Å². The van der Waals surface area contributed by atoms with Crippen LogP contribution in [0.2, 0.25) is 0 Å². The van der Waals surface area contributed by atoms with Gasteiger partial charge in [-0.25, -0.2) is 4.98 Å². The van der Waals surface area contributed by atoms with Gasteiger partial charge in [0.15, 0.2) is 0 Å². The number of rotatable bonds is 7. The maximum atomic E-state index is 6.16. The average molecular weight is 383 g/mol. The summed E-state index contributed by atoms with van der Waals surface area (Å²) in [6, 6.07) is 4.74. The van der Waals surface area contributed by atoms with Gasteiger partial charge in [-0.15, -0.1) is 0 Å². The Morgan fingerprint density at radius 3 is 2.82 bits per heavy atom. The van der Waals surface area contributed by atoms with Crippen molar-refractivity contribution in [3.63, 3.8) is 0 Å². The predicted molar refractivity (Wildman–Crippen MR) is 118 cm³/mol. The lowest BCUT2D eigenvalue weighted by molar-refractivity contribution is 0.262. The van der Waals surface area contributed by atoms with Gasteiger partial charge in [0, 0.05) is 36.1 Å². The maximum absolute atomic E-state index is 6.16. The molecule has 1 saturated heterocycles. The molecule has 5 nitrogen and oxygen atoms in total. The highest BCUT2D eigenvalue weighted by Crippen LogP contribution is 2.37. The van der Waals surface area contributed by atoms with Gasteiger partial charge in [0.2, 0.25) is 0 Å². The van der Waals surface area contributed by atoms with Crippen molar-refractivity contribution in [1.29, 1.82) is 0 Å². The minimum absolute atomic E-state index is 0.364. The van der Waals surface area contributed by atoms with E-state index in [0.717, 1.165) is 56.0 Å². The van der Waals surface area contributed by atoms with E-state index in [0.29, 0.717) is 6.04 Å². The van der Waals surface area contributed by atoms with Crippen LogP contribution in [0.15, 0.2) is 12.1 Å². The van der Waals surface area contributed by atoms with E-state index in [1.807, 2.05) is 0 Å². The molecule has 3 heterocycles. The number of hydrogen-bond donors (Lipinski definition) is 2. The molecule has 2 aromatic rings. The fourth-order valence-electron chi connectivity index (χ4n) is 4.39. The van der Waals surface area contributed by atoms with Crippen molar-refractivity contribution in [2.75, 3.05) is 43.4 Å². The molecule has 0 unspecified atom stereocenters. The molecular weight excluding hydrogens is 348 g/mol. The normalized spacial score (nSPS) is 17.0. The number of aromatic nitrogens is 1. The summed E-state index contributed by atoms with van der Waals surface area (Å²) in [5.74, 6) is 1.99. The molecular formula is C23H34N4O. The van der Waals surface area contributed by atoms with Crippen LogP contribution in [0.1, 0.15) is 50.7 Å². The number of fused-ring (bicyclic) bond motifs is 3. The standard InChI is InChI=1S/C23H34N4O/c1-16(2)25-23-18-8-6-9-24-22(18)19-14-17(3)21(15-20(19)26-23)28-13-7-12-27-10-4-5-11-27/h14-16,24H,4-13H2,1-3H3,(H,25,26). The number of likely N-dealkylation sites (tertiary alicyclic amines) is 1. The number of aryl methyl sites for hydroxylation is 1. The Labute approximate surface area is 168 Å². The van der Waals surface area contributed by atoms with Gasteiger partial charge in [-0.1, -0.05) is 0 Å². The van der Waals surface area contributed by atoms with Crippen LogP contribution in [-0.2, 0) is 6.42 Å². The third kappa shape index (κ3) is 4.19. The lowest BCUT2D eigenvalue weighted by atomic mass is 9.99. The van der Waals surface area contributed by atoms with Crippen LogP contribution >= 0.6 is 0 Å². The second kappa shape index (κ2) is 8.56. The minimum Gasteiger partial charge on any atom is -0.493 e. The third-order valence-electron chi connectivity index (χ3n) is 5.79. The van der Waals surface area contributed by atoms with Gasteiger partial charge in [0.05, 0.1) is 17.8 Å². The maximum Gasteiger partial charge on any atom is 0.132 e. The van der Waals surface area contributed by atoms with Crippen molar-refractivity contribution in [2.45, 2.75) is 58.9 Å². The molecule has 28 heavy (non-hydrogen) atoms. The summed E-state index contributed by atoms with van der Waals surface area (Å²) in [5.41, 5.74) is 4.78. The molecule has 1 aromatic carbocycles. The van der Waals surface area contributed by atoms with Crippen molar-refractivity contribution in [3.8, 4) is 5.75 Å². The molecule has 0 bridgehead atoms. The smallest absolute Gasteiger partial charge is 0.132 e. The van der Waals surface area contributed by atoms with Crippen LogP contribution in [0.4, 0.5) is 11.5 Å². The second-order valence-corrected chi connectivity index (χ2v) is 8.53. The highest BCUT2D eigenvalue weighted by molar-refractivity contribution is 5.97. The zero-order valence-corrected chi connectivity index (χ0v) is 17.6.